The van der Waals surface area contributed by atoms with Crippen molar-refractivity contribution in [2.75, 3.05) is 5.32 Å². The lowest BCUT2D eigenvalue weighted by atomic mass is 10.2. The first-order valence-corrected chi connectivity index (χ1v) is 7.17. The average Bonchev–Trinajstić information content (AvgIpc) is 2.84. The molecule has 23 heavy (non-hydrogen) atoms. The topological polar surface area (TPSA) is 51.1 Å². The Kier molecular flexibility index (Phi) is 3.93. The van der Waals surface area contributed by atoms with Crippen LogP contribution in [0.3, 0.4) is 0 Å². The van der Waals surface area contributed by atoms with Crippen molar-refractivity contribution in [2.45, 2.75) is 13.5 Å². The Morgan fingerprint density at radius 2 is 2.09 bits per heavy atom. The number of hydrogen-bond acceptors (Lipinski definition) is 2. The summed E-state index contributed by atoms with van der Waals surface area (Å²) in [6.07, 6.45) is 2.23. The standard InChI is InChI=1S/C18H15FN2O2/c1-12-3-2-4-15(7-12)20-18(23)10-21-9-13(11-22)16-8-14(19)5-6-17(16)21/h2-9,11H,10H2,1H3,(H,20,23). The first-order chi connectivity index (χ1) is 11.1. The Morgan fingerprint density at radius 1 is 1.26 bits per heavy atom. The van der Waals surface area contributed by atoms with Gasteiger partial charge in [-0.1, -0.05) is 12.1 Å². The quantitative estimate of drug-likeness (QED) is 0.749. The van der Waals surface area contributed by atoms with Crippen molar-refractivity contribution in [1.29, 1.82) is 0 Å². The highest BCUT2D eigenvalue weighted by Gasteiger charge is 2.12. The van der Waals surface area contributed by atoms with Gasteiger partial charge in [0.25, 0.3) is 0 Å². The number of aldehydes is 1. The third-order valence-electron chi connectivity index (χ3n) is 3.62. The van der Waals surface area contributed by atoms with Gasteiger partial charge in [-0.3, -0.25) is 9.59 Å². The molecule has 1 aromatic heterocycles. The highest BCUT2D eigenvalue weighted by atomic mass is 19.1. The summed E-state index contributed by atoms with van der Waals surface area (Å²) < 4.78 is 15.0. The van der Waals surface area contributed by atoms with Crippen LogP contribution < -0.4 is 5.32 Å². The molecule has 0 aliphatic heterocycles. The molecule has 4 nitrogen and oxygen atoms in total. The molecule has 0 unspecified atom stereocenters. The molecule has 0 aliphatic rings. The Hall–Kier alpha value is -2.95. The van der Waals surface area contributed by atoms with Crippen molar-refractivity contribution in [1.82, 2.24) is 4.57 Å². The van der Waals surface area contributed by atoms with Crippen LogP contribution in [0.1, 0.15) is 15.9 Å². The van der Waals surface area contributed by atoms with E-state index in [1.54, 1.807) is 16.8 Å². The van der Waals surface area contributed by atoms with E-state index in [1.165, 1.54) is 12.1 Å². The molecule has 2 aromatic carbocycles. The van der Waals surface area contributed by atoms with Crippen molar-refractivity contribution >= 4 is 28.8 Å². The summed E-state index contributed by atoms with van der Waals surface area (Å²) in [4.78, 5) is 23.3. The first-order valence-electron chi connectivity index (χ1n) is 7.17. The largest absolute Gasteiger partial charge is 0.337 e. The van der Waals surface area contributed by atoms with Gasteiger partial charge >= 0.3 is 0 Å². The second kappa shape index (κ2) is 6.04. The molecule has 3 aromatic rings. The van der Waals surface area contributed by atoms with Crippen LogP contribution in [-0.4, -0.2) is 16.8 Å². The summed E-state index contributed by atoms with van der Waals surface area (Å²) in [6, 6.07) is 11.7. The number of anilines is 1. The van der Waals surface area contributed by atoms with E-state index < -0.39 is 5.82 Å². The van der Waals surface area contributed by atoms with Gasteiger partial charge in [-0.2, -0.15) is 0 Å². The highest BCUT2D eigenvalue weighted by molar-refractivity contribution is 5.99. The number of rotatable bonds is 4. The Balaban J connectivity index is 1.86. The Bertz CT molecular complexity index is 899. The molecular formula is C18H15FN2O2. The number of carbonyl (C=O) groups is 2. The van der Waals surface area contributed by atoms with Gasteiger partial charge in [-0.25, -0.2) is 4.39 Å². The molecule has 1 amide bonds. The van der Waals surface area contributed by atoms with E-state index in [1.807, 2.05) is 31.2 Å². The third-order valence-corrected chi connectivity index (χ3v) is 3.62. The summed E-state index contributed by atoms with van der Waals surface area (Å²) >= 11 is 0. The average molecular weight is 310 g/mol. The molecule has 0 bridgehead atoms. The van der Waals surface area contributed by atoms with Crippen LogP contribution in [0.4, 0.5) is 10.1 Å². The lowest BCUT2D eigenvalue weighted by Crippen LogP contribution is -2.18. The monoisotopic (exact) mass is 310 g/mol. The summed E-state index contributed by atoms with van der Waals surface area (Å²) in [5.74, 6) is -0.628. The number of nitrogens with zero attached hydrogens (tertiary/aromatic N) is 1. The van der Waals surface area contributed by atoms with Crippen LogP contribution in [0, 0.1) is 12.7 Å². The van der Waals surface area contributed by atoms with Crippen molar-refractivity contribution < 1.29 is 14.0 Å². The SMILES string of the molecule is Cc1cccc(NC(=O)Cn2cc(C=O)c3cc(F)ccc32)c1. The van der Waals surface area contributed by atoms with Crippen LogP contribution in [0.5, 0.6) is 0 Å². The van der Waals surface area contributed by atoms with E-state index in [0.717, 1.165) is 5.56 Å². The van der Waals surface area contributed by atoms with E-state index >= 15 is 0 Å². The maximum Gasteiger partial charge on any atom is 0.244 e. The summed E-state index contributed by atoms with van der Waals surface area (Å²) in [7, 11) is 0. The van der Waals surface area contributed by atoms with E-state index in [-0.39, 0.29) is 12.5 Å². The Labute approximate surface area is 132 Å². The van der Waals surface area contributed by atoms with Crippen molar-refractivity contribution in [2.24, 2.45) is 0 Å². The maximum absolute atomic E-state index is 13.3. The minimum atomic E-state index is -0.414. The van der Waals surface area contributed by atoms with E-state index in [0.29, 0.717) is 28.4 Å². The molecule has 1 N–H and O–H groups in total. The molecule has 0 aliphatic carbocycles. The molecule has 0 saturated heterocycles. The number of amides is 1. The van der Waals surface area contributed by atoms with E-state index in [4.69, 9.17) is 0 Å². The number of aromatic nitrogens is 1. The van der Waals surface area contributed by atoms with Gasteiger partial charge in [0.05, 0.1) is 0 Å². The third kappa shape index (κ3) is 3.13. The lowest BCUT2D eigenvalue weighted by molar-refractivity contribution is -0.116. The van der Waals surface area contributed by atoms with Gasteiger partial charge in [0, 0.05) is 28.4 Å². The molecule has 5 heteroatoms. The summed E-state index contributed by atoms with van der Waals surface area (Å²) in [5, 5.41) is 3.32. The molecule has 0 fully saturated rings. The Morgan fingerprint density at radius 3 is 2.83 bits per heavy atom. The summed E-state index contributed by atoms with van der Waals surface area (Å²) in [5.41, 5.74) is 2.77. The fourth-order valence-electron chi connectivity index (χ4n) is 2.60. The molecule has 0 spiro atoms. The van der Waals surface area contributed by atoms with Crippen molar-refractivity contribution in [3.63, 3.8) is 0 Å². The van der Waals surface area contributed by atoms with E-state index in [9.17, 15) is 14.0 Å². The normalized spacial score (nSPS) is 10.7. The minimum Gasteiger partial charge on any atom is -0.337 e. The van der Waals surface area contributed by atoms with Gasteiger partial charge < -0.3 is 9.88 Å². The first kappa shape index (κ1) is 15.0. The smallest absolute Gasteiger partial charge is 0.244 e. The van der Waals surface area contributed by atoms with Crippen molar-refractivity contribution in [3.05, 3.63) is 65.6 Å². The van der Waals surface area contributed by atoms with Crippen LogP contribution in [0.25, 0.3) is 10.9 Å². The zero-order valence-corrected chi connectivity index (χ0v) is 12.5. The number of aryl methyl sites for hydroxylation is 1. The predicted octanol–water partition coefficient (Wildman–Crippen LogP) is 3.54. The molecule has 3 rings (SSSR count). The van der Waals surface area contributed by atoms with Crippen molar-refractivity contribution in [3.8, 4) is 0 Å². The lowest BCUT2D eigenvalue weighted by Gasteiger charge is -2.08. The second-order valence-corrected chi connectivity index (χ2v) is 5.41. The molecule has 116 valence electrons. The maximum atomic E-state index is 13.3. The van der Waals surface area contributed by atoms with Gasteiger partial charge in [0.15, 0.2) is 6.29 Å². The number of nitrogens with one attached hydrogen (secondary N) is 1. The van der Waals surface area contributed by atoms with Crippen LogP contribution in [-0.2, 0) is 11.3 Å². The van der Waals surface area contributed by atoms with Gasteiger partial charge in [-0.05, 0) is 42.8 Å². The molecule has 1 heterocycles. The fraction of sp³-hybridized carbons (Fsp3) is 0.111. The number of hydrogen-bond donors (Lipinski definition) is 1. The predicted molar refractivity (Wildman–Crippen MR) is 87.1 cm³/mol. The van der Waals surface area contributed by atoms with Gasteiger partial charge in [-0.15, -0.1) is 0 Å². The van der Waals surface area contributed by atoms with E-state index in [2.05, 4.69) is 5.32 Å². The minimum absolute atomic E-state index is 0.0455. The second-order valence-electron chi connectivity index (χ2n) is 5.41. The van der Waals surface area contributed by atoms with Crippen LogP contribution >= 0.6 is 0 Å². The van der Waals surface area contributed by atoms with Gasteiger partial charge in [0.1, 0.15) is 12.4 Å². The number of halogens is 1. The zero-order valence-electron chi connectivity index (χ0n) is 12.5. The molecular weight excluding hydrogens is 295 g/mol. The highest BCUT2D eigenvalue weighted by Crippen LogP contribution is 2.21. The zero-order chi connectivity index (χ0) is 16.4. The number of carbonyl (C=O) groups excluding carboxylic acids is 2. The number of fused-ring (bicyclic) bond motifs is 1. The number of benzene rings is 2. The molecule has 0 radical (unpaired) electrons. The molecule has 0 saturated carbocycles. The van der Waals surface area contributed by atoms with Crippen LogP contribution in [0.15, 0.2) is 48.7 Å². The summed E-state index contributed by atoms with van der Waals surface area (Å²) in [6.45, 7) is 1.99. The fourth-order valence-corrected chi connectivity index (χ4v) is 2.60. The molecule has 0 atom stereocenters. The van der Waals surface area contributed by atoms with Crippen LogP contribution in [0.2, 0.25) is 0 Å². The van der Waals surface area contributed by atoms with Gasteiger partial charge in [0.2, 0.25) is 5.91 Å².